The van der Waals surface area contributed by atoms with Crippen molar-refractivity contribution >= 4 is 34.7 Å². The number of hydrogen-bond donors (Lipinski definition) is 2. The normalized spacial score (nSPS) is 10.4. The number of hydrogen-bond acceptors (Lipinski definition) is 5. The van der Waals surface area contributed by atoms with Gasteiger partial charge in [-0.15, -0.1) is 5.10 Å². The molecule has 0 spiro atoms. The number of anilines is 4. The van der Waals surface area contributed by atoms with Crippen LogP contribution in [0.1, 0.15) is 5.56 Å². The summed E-state index contributed by atoms with van der Waals surface area (Å²) in [5.74, 6) is 0.427. The van der Waals surface area contributed by atoms with Crippen molar-refractivity contribution in [3.8, 4) is 0 Å². The Hall–Kier alpha value is -2.73. The number of nitrogens with one attached hydrogen (secondary N) is 2. The second-order valence-electron chi connectivity index (χ2n) is 4.88. The molecule has 0 amide bonds. The molecule has 0 atom stereocenters. The lowest BCUT2D eigenvalue weighted by atomic mass is 10.2. The van der Waals surface area contributed by atoms with Crippen LogP contribution in [-0.2, 0) is 0 Å². The summed E-state index contributed by atoms with van der Waals surface area (Å²) in [5.41, 5.74) is 2.39. The molecule has 7 heteroatoms. The predicted molar refractivity (Wildman–Crippen MR) is 89.0 cm³/mol. The molecule has 1 heterocycles. The fraction of sp³-hybridized carbons (Fsp3) is 0.0625. The quantitative estimate of drug-likeness (QED) is 0.740. The molecule has 0 fully saturated rings. The van der Waals surface area contributed by atoms with Gasteiger partial charge in [-0.05, 0) is 42.8 Å². The average Bonchev–Trinajstić information content (AvgIpc) is 2.51. The van der Waals surface area contributed by atoms with Crippen molar-refractivity contribution in [2.75, 3.05) is 10.6 Å². The van der Waals surface area contributed by atoms with Gasteiger partial charge >= 0.3 is 0 Å². The zero-order valence-corrected chi connectivity index (χ0v) is 13.0. The standard InChI is InChI=1S/C16H13ClFN5/c1-10-5-6-11(17)7-14(10)21-15-9-19-23-16(22-15)20-13-4-2-3-12(18)8-13/h2-9H,1H3,(H2,20,21,22,23). The van der Waals surface area contributed by atoms with Gasteiger partial charge in [-0.25, -0.2) is 4.39 Å². The molecule has 0 saturated heterocycles. The van der Waals surface area contributed by atoms with Crippen molar-refractivity contribution in [2.45, 2.75) is 6.92 Å². The third-order valence-electron chi connectivity index (χ3n) is 3.10. The molecule has 2 N–H and O–H groups in total. The molecule has 5 nitrogen and oxygen atoms in total. The number of aryl methyl sites for hydroxylation is 1. The van der Waals surface area contributed by atoms with Crippen LogP contribution in [-0.4, -0.2) is 15.2 Å². The minimum atomic E-state index is -0.341. The van der Waals surface area contributed by atoms with Crippen LogP contribution >= 0.6 is 11.6 Å². The Morgan fingerprint density at radius 1 is 1.09 bits per heavy atom. The van der Waals surface area contributed by atoms with E-state index in [4.69, 9.17) is 11.6 Å². The molecule has 1 aromatic heterocycles. The highest BCUT2D eigenvalue weighted by molar-refractivity contribution is 6.30. The maximum absolute atomic E-state index is 13.2. The van der Waals surface area contributed by atoms with Gasteiger partial charge < -0.3 is 10.6 Å². The fourth-order valence-corrected chi connectivity index (χ4v) is 2.15. The van der Waals surface area contributed by atoms with Crippen LogP contribution in [0.3, 0.4) is 0 Å². The second-order valence-corrected chi connectivity index (χ2v) is 5.32. The van der Waals surface area contributed by atoms with E-state index >= 15 is 0 Å². The monoisotopic (exact) mass is 329 g/mol. The van der Waals surface area contributed by atoms with Gasteiger partial charge in [0, 0.05) is 16.4 Å². The van der Waals surface area contributed by atoms with Gasteiger partial charge in [0.25, 0.3) is 0 Å². The van der Waals surface area contributed by atoms with Crippen LogP contribution in [0, 0.1) is 12.7 Å². The zero-order chi connectivity index (χ0) is 16.2. The number of rotatable bonds is 4. The van der Waals surface area contributed by atoms with Gasteiger partial charge in [0.1, 0.15) is 5.82 Å². The van der Waals surface area contributed by atoms with E-state index in [0.717, 1.165) is 11.3 Å². The Morgan fingerprint density at radius 3 is 2.78 bits per heavy atom. The van der Waals surface area contributed by atoms with E-state index in [-0.39, 0.29) is 11.8 Å². The highest BCUT2D eigenvalue weighted by Gasteiger charge is 2.05. The van der Waals surface area contributed by atoms with Gasteiger partial charge in [0.05, 0.1) is 6.20 Å². The van der Waals surface area contributed by atoms with E-state index in [2.05, 4.69) is 25.8 Å². The smallest absolute Gasteiger partial charge is 0.249 e. The molecule has 0 unspecified atom stereocenters. The van der Waals surface area contributed by atoms with Crippen LogP contribution in [0.4, 0.5) is 27.5 Å². The molecule has 2 aromatic carbocycles. The lowest BCUT2D eigenvalue weighted by Crippen LogP contribution is -2.03. The lowest BCUT2D eigenvalue weighted by Gasteiger charge is -2.10. The zero-order valence-electron chi connectivity index (χ0n) is 12.2. The summed E-state index contributed by atoms with van der Waals surface area (Å²) in [4.78, 5) is 4.30. The molecule has 3 aromatic rings. The topological polar surface area (TPSA) is 62.7 Å². The number of benzene rings is 2. The van der Waals surface area contributed by atoms with Gasteiger partial charge in [-0.2, -0.15) is 10.1 Å². The summed E-state index contributed by atoms with van der Waals surface area (Å²) in [6.45, 7) is 1.96. The first-order valence-corrected chi connectivity index (χ1v) is 7.23. The van der Waals surface area contributed by atoms with Crippen molar-refractivity contribution in [2.24, 2.45) is 0 Å². The minimum absolute atomic E-state index is 0.264. The molecule has 23 heavy (non-hydrogen) atoms. The summed E-state index contributed by atoms with van der Waals surface area (Å²) in [7, 11) is 0. The molecule has 0 radical (unpaired) electrons. The molecule has 0 aliphatic rings. The highest BCUT2D eigenvalue weighted by atomic mass is 35.5. The Morgan fingerprint density at radius 2 is 1.96 bits per heavy atom. The largest absolute Gasteiger partial charge is 0.339 e. The van der Waals surface area contributed by atoms with Crippen molar-refractivity contribution in [3.05, 3.63) is 65.1 Å². The summed E-state index contributed by atoms with van der Waals surface area (Å²) >= 11 is 6.00. The van der Waals surface area contributed by atoms with Crippen LogP contribution in [0.15, 0.2) is 48.7 Å². The third-order valence-corrected chi connectivity index (χ3v) is 3.34. The Kier molecular flexibility index (Phi) is 4.34. The maximum Gasteiger partial charge on any atom is 0.249 e. The van der Waals surface area contributed by atoms with Crippen molar-refractivity contribution in [1.82, 2.24) is 15.2 Å². The van der Waals surface area contributed by atoms with Crippen LogP contribution in [0.5, 0.6) is 0 Å². The minimum Gasteiger partial charge on any atom is -0.339 e. The first kappa shape index (κ1) is 15.2. The van der Waals surface area contributed by atoms with Crippen LogP contribution in [0.25, 0.3) is 0 Å². The Bertz CT molecular complexity index is 840. The molecule has 0 aliphatic heterocycles. The Balaban J connectivity index is 1.81. The van der Waals surface area contributed by atoms with E-state index in [0.29, 0.717) is 16.5 Å². The van der Waals surface area contributed by atoms with Crippen LogP contribution < -0.4 is 10.6 Å². The van der Waals surface area contributed by atoms with Gasteiger partial charge in [-0.3, -0.25) is 0 Å². The van der Waals surface area contributed by atoms with Gasteiger partial charge in [0.15, 0.2) is 5.82 Å². The summed E-state index contributed by atoms with van der Waals surface area (Å²) in [5, 5.41) is 14.4. The van der Waals surface area contributed by atoms with Crippen molar-refractivity contribution in [3.63, 3.8) is 0 Å². The van der Waals surface area contributed by atoms with Crippen molar-refractivity contribution in [1.29, 1.82) is 0 Å². The molecular formula is C16H13ClFN5. The molecular weight excluding hydrogens is 317 g/mol. The van der Waals surface area contributed by atoms with E-state index in [1.165, 1.54) is 18.3 Å². The van der Waals surface area contributed by atoms with E-state index < -0.39 is 0 Å². The van der Waals surface area contributed by atoms with E-state index in [9.17, 15) is 4.39 Å². The maximum atomic E-state index is 13.2. The van der Waals surface area contributed by atoms with E-state index in [1.54, 1.807) is 18.2 Å². The first-order valence-electron chi connectivity index (χ1n) is 6.86. The molecule has 3 rings (SSSR count). The second kappa shape index (κ2) is 6.58. The molecule has 0 saturated carbocycles. The summed E-state index contributed by atoms with van der Waals surface area (Å²) < 4.78 is 13.2. The third kappa shape index (κ3) is 3.92. The predicted octanol–water partition coefficient (Wildman–Crippen LogP) is 4.46. The number of nitrogens with zero attached hydrogens (tertiary/aromatic N) is 3. The fourth-order valence-electron chi connectivity index (χ4n) is 1.98. The SMILES string of the molecule is Cc1ccc(Cl)cc1Nc1cnnc(Nc2cccc(F)c2)n1. The molecule has 0 aliphatic carbocycles. The first-order chi connectivity index (χ1) is 11.1. The Labute approximate surface area is 137 Å². The number of halogens is 2. The highest BCUT2D eigenvalue weighted by Crippen LogP contribution is 2.23. The van der Waals surface area contributed by atoms with Crippen molar-refractivity contribution < 1.29 is 4.39 Å². The summed E-state index contributed by atoms with van der Waals surface area (Å²) in [6, 6.07) is 11.6. The van der Waals surface area contributed by atoms with Gasteiger partial charge in [-0.1, -0.05) is 23.7 Å². The average molecular weight is 330 g/mol. The molecule has 0 bridgehead atoms. The molecule has 116 valence electrons. The van der Waals surface area contributed by atoms with E-state index in [1.807, 2.05) is 19.1 Å². The van der Waals surface area contributed by atoms with Gasteiger partial charge in [0.2, 0.25) is 5.95 Å². The van der Waals surface area contributed by atoms with Crippen LogP contribution in [0.2, 0.25) is 5.02 Å². The number of aromatic nitrogens is 3. The lowest BCUT2D eigenvalue weighted by molar-refractivity contribution is 0.628. The summed E-state index contributed by atoms with van der Waals surface area (Å²) in [6.07, 6.45) is 1.50.